The third kappa shape index (κ3) is 6.68. The van der Waals surface area contributed by atoms with Gasteiger partial charge in [-0.2, -0.15) is 0 Å². The summed E-state index contributed by atoms with van der Waals surface area (Å²) in [5, 5.41) is 3.02. The summed E-state index contributed by atoms with van der Waals surface area (Å²) in [7, 11) is 4.77. The Kier molecular flexibility index (Phi) is 9.51. The minimum Gasteiger partial charge on any atom is -0.493 e. The van der Waals surface area contributed by atoms with E-state index in [1.165, 1.54) is 6.42 Å². The number of nitrogens with zero attached hydrogens (tertiary/aromatic N) is 1. The van der Waals surface area contributed by atoms with Gasteiger partial charge in [0, 0.05) is 13.1 Å². The van der Waals surface area contributed by atoms with Gasteiger partial charge in [0.25, 0.3) is 0 Å². The van der Waals surface area contributed by atoms with Crippen LogP contribution in [0.15, 0.2) is 12.1 Å². The minimum atomic E-state index is -0.448. The van der Waals surface area contributed by atoms with Crippen LogP contribution in [-0.4, -0.2) is 63.5 Å². The van der Waals surface area contributed by atoms with E-state index >= 15 is 0 Å². The lowest BCUT2D eigenvalue weighted by Gasteiger charge is -2.35. The van der Waals surface area contributed by atoms with E-state index in [4.69, 9.17) is 18.9 Å². The molecule has 184 valence electrons. The molecule has 1 aliphatic carbocycles. The van der Waals surface area contributed by atoms with Gasteiger partial charge in [0.05, 0.1) is 21.3 Å². The van der Waals surface area contributed by atoms with Crippen molar-refractivity contribution in [3.63, 3.8) is 0 Å². The SMILES string of the molecule is COc1cc(CCCNC(=O)[C@@H]2CCCCN2C(=O)OC2CCCCC2)cc(OC)c1OC. The largest absolute Gasteiger partial charge is 0.493 e. The van der Waals surface area contributed by atoms with E-state index in [0.29, 0.717) is 36.8 Å². The first-order valence-corrected chi connectivity index (χ1v) is 12.1. The first kappa shape index (κ1) is 25.0. The number of rotatable bonds is 9. The van der Waals surface area contributed by atoms with Gasteiger partial charge in [-0.25, -0.2) is 4.79 Å². The number of amides is 2. The number of carbonyl (C=O) groups excluding carboxylic acids is 2. The molecule has 33 heavy (non-hydrogen) atoms. The molecule has 1 aromatic rings. The van der Waals surface area contributed by atoms with Gasteiger partial charge < -0.3 is 24.3 Å². The molecule has 8 heteroatoms. The molecule has 0 aromatic heterocycles. The molecule has 0 unspecified atom stereocenters. The summed E-state index contributed by atoms with van der Waals surface area (Å²) in [6.07, 6.45) is 8.96. The van der Waals surface area contributed by atoms with E-state index in [9.17, 15) is 9.59 Å². The molecule has 1 saturated heterocycles. The van der Waals surface area contributed by atoms with Crippen LogP contribution >= 0.6 is 0 Å². The highest BCUT2D eigenvalue weighted by Gasteiger charge is 2.34. The summed E-state index contributed by atoms with van der Waals surface area (Å²) >= 11 is 0. The van der Waals surface area contributed by atoms with Crippen molar-refractivity contribution in [3.8, 4) is 17.2 Å². The maximum absolute atomic E-state index is 12.9. The normalized spacial score (nSPS) is 19.0. The average molecular weight is 463 g/mol. The third-order valence-electron chi connectivity index (χ3n) is 6.53. The molecule has 1 aromatic carbocycles. The molecule has 2 fully saturated rings. The monoisotopic (exact) mass is 462 g/mol. The molecule has 0 radical (unpaired) electrons. The lowest BCUT2D eigenvalue weighted by atomic mass is 9.98. The first-order valence-electron chi connectivity index (χ1n) is 12.1. The second-order valence-electron chi connectivity index (χ2n) is 8.78. The number of carbonyl (C=O) groups is 2. The van der Waals surface area contributed by atoms with Crippen molar-refractivity contribution in [3.05, 3.63) is 17.7 Å². The number of methoxy groups -OCH3 is 3. The highest BCUT2D eigenvalue weighted by atomic mass is 16.6. The second-order valence-corrected chi connectivity index (χ2v) is 8.78. The molecule has 0 spiro atoms. The number of benzene rings is 1. The first-order chi connectivity index (χ1) is 16.1. The molecule has 1 saturated carbocycles. The number of ether oxygens (including phenoxy) is 4. The molecule has 2 aliphatic rings. The van der Waals surface area contributed by atoms with Crippen molar-refractivity contribution < 1.29 is 28.5 Å². The second kappa shape index (κ2) is 12.6. The molecule has 2 amide bonds. The summed E-state index contributed by atoms with van der Waals surface area (Å²) in [4.78, 5) is 27.3. The van der Waals surface area contributed by atoms with Crippen LogP contribution in [0.3, 0.4) is 0 Å². The molecule has 3 rings (SSSR count). The minimum absolute atomic E-state index is 0.00429. The summed E-state index contributed by atoms with van der Waals surface area (Å²) in [6, 6.07) is 3.40. The number of piperidine rings is 1. The Morgan fingerprint density at radius 3 is 2.24 bits per heavy atom. The molecule has 8 nitrogen and oxygen atoms in total. The number of nitrogens with one attached hydrogen (secondary N) is 1. The van der Waals surface area contributed by atoms with Gasteiger partial charge in [0.15, 0.2) is 11.5 Å². The van der Waals surface area contributed by atoms with Gasteiger partial charge in [-0.15, -0.1) is 0 Å². The van der Waals surface area contributed by atoms with Crippen LogP contribution in [-0.2, 0) is 16.0 Å². The fraction of sp³-hybridized carbons (Fsp3) is 0.680. The fourth-order valence-corrected chi connectivity index (χ4v) is 4.72. The van der Waals surface area contributed by atoms with E-state index < -0.39 is 6.04 Å². The van der Waals surface area contributed by atoms with Crippen molar-refractivity contribution in [2.75, 3.05) is 34.4 Å². The molecule has 1 N–H and O–H groups in total. The van der Waals surface area contributed by atoms with Gasteiger partial charge in [-0.1, -0.05) is 6.42 Å². The Morgan fingerprint density at radius 2 is 1.61 bits per heavy atom. The molecule has 1 atom stereocenters. The van der Waals surface area contributed by atoms with Gasteiger partial charge in [-0.05, 0) is 75.5 Å². The zero-order valence-electron chi connectivity index (χ0n) is 20.2. The standard InChI is InChI=1S/C25H38N2O6/c1-30-21-16-18(17-22(31-2)23(21)32-3)10-9-14-26-24(28)20-13-7-8-15-27(20)25(29)33-19-11-5-4-6-12-19/h16-17,19-20H,4-15H2,1-3H3,(H,26,28)/t20-/m0/s1. The summed E-state index contributed by atoms with van der Waals surface area (Å²) in [6.45, 7) is 1.10. The van der Waals surface area contributed by atoms with Crippen LogP contribution in [0.1, 0.15) is 63.4 Å². The highest BCUT2D eigenvalue weighted by molar-refractivity contribution is 5.85. The molecular formula is C25H38N2O6. The van der Waals surface area contributed by atoms with Crippen molar-refractivity contribution >= 4 is 12.0 Å². The van der Waals surface area contributed by atoms with E-state index in [1.54, 1.807) is 26.2 Å². The zero-order chi connectivity index (χ0) is 23.6. The van der Waals surface area contributed by atoms with Crippen LogP contribution in [0.2, 0.25) is 0 Å². The smallest absolute Gasteiger partial charge is 0.410 e. The van der Waals surface area contributed by atoms with Crippen molar-refractivity contribution in [1.29, 1.82) is 0 Å². The Hall–Kier alpha value is -2.64. The van der Waals surface area contributed by atoms with Gasteiger partial charge in [-0.3, -0.25) is 9.69 Å². The Labute approximate surface area is 196 Å². The average Bonchev–Trinajstić information content (AvgIpc) is 2.86. The third-order valence-corrected chi connectivity index (χ3v) is 6.53. The fourth-order valence-electron chi connectivity index (χ4n) is 4.72. The van der Waals surface area contributed by atoms with Gasteiger partial charge in [0.2, 0.25) is 11.7 Å². The summed E-state index contributed by atoms with van der Waals surface area (Å²) in [5.74, 6) is 1.70. The maximum Gasteiger partial charge on any atom is 0.410 e. The maximum atomic E-state index is 12.9. The number of aryl methyl sites for hydroxylation is 1. The van der Waals surface area contributed by atoms with E-state index in [1.807, 2.05) is 12.1 Å². The van der Waals surface area contributed by atoms with Gasteiger partial charge in [0.1, 0.15) is 12.1 Å². The van der Waals surface area contributed by atoms with Crippen molar-refractivity contribution in [1.82, 2.24) is 10.2 Å². The molecule has 1 aliphatic heterocycles. The van der Waals surface area contributed by atoms with Crippen molar-refractivity contribution in [2.24, 2.45) is 0 Å². The lowest BCUT2D eigenvalue weighted by molar-refractivity contribution is -0.127. The van der Waals surface area contributed by atoms with Crippen LogP contribution in [0, 0.1) is 0 Å². The quantitative estimate of drug-likeness (QED) is 0.557. The number of hydrogen-bond donors (Lipinski definition) is 1. The Balaban J connectivity index is 1.50. The molecular weight excluding hydrogens is 424 g/mol. The summed E-state index contributed by atoms with van der Waals surface area (Å²) in [5.41, 5.74) is 1.04. The van der Waals surface area contributed by atoms with Crippen LogP contribution in [0.5, 0.6) is 17.2 Å². The van der Waals surface area contributed by atoms with E-state index in [0.717, 1.165) is 56.9 Å². The molecule has 0 bridgehead atoms. The molecule has 1 heterocycles. The lowest BCUT2D eigenvalue weighted by Crippen LogP contribution is -2.52. The number of hydrogen-bond acceptors (Lipinski definition) is 6. The van der Waals surface area contributed by atoms with E-state index in [-0.39, 0.29) is 18.1 Å². The predicted molar refractivity (Wildman–Crippen MR) is 125 cm³/mol. The van der Waals surface area contributed by atoms with Crippen LogP contribution in [0.4, 0.5) is 4.79 Å². The number of likely N-dealkylation sites (tertiary alicyclic amines) is 1. The predicted octanol–water partition coefficient (Wildman–Crippen LogP) is 4.09. The van der Waals surface area contributed by atoms with Gasteiger partial charge >= 0.3 is 6.09 Å². The van der Waals surface area contributed by atoms with Crippen LogP contribution in [0.25, 0.3) is 0 Å². The zero-order valence-corrected chi connectivity index (χ0v) is 20.2. The Bertz CT molecular complexity index is 768. The Morgan fingerprint density at radius 1 is 0.939 bits per heavy atom. The van der Waals surface area contributed by atoms with Crippen molar-refractivity contribution in [2.45, 2.75) is 76.4 Å². The highest BCUT2D eigenvalue weighted by Crippen LogP contribution is 2.38. The summed E-state index contributed by atoms with van der Waals surface area (Å²) < 4.78 is 21.9. The van der Waals surface area contributed by atoms with E-state index in [2.05, 4.69) is 5.32 Å². The van der Waals surface area contributed by atoms with Crippen LogP contribution < -0.4 is 19.5 Å². The topological polar surface area (TPSA) is 86.3 Å².